The Kier molecular flexibility index (Phi) is 5.91. The maximum atomic E-state index is 12.3. The summed E-state index contributed by atoms with van der Waals surface area (Å²) in [5, 5.41) is 16.0. The molecule has 6 nitrogen and oxygen atoms in total. The summed E-state index contributed by atoms with van der Waals surface area (Å²) in [6.07, 6.45) is 0. The molecule has 28 heavy (non-hydrogen) atoms. The predicted octanol–water partition coefficient (Wildman–Crippen LogP) is 5.05. The summed E-state index contributed by atoms with van der Waals surface area (Å²) in [5.74, 6) is -1.88. The Morgan fingerprint density at radius 3 is 1.71 bits per heavy atom. The van der Waals surface area contributed by atoms with Crippen molar-refractivity contribution < 1.29 is 19.4 Å². The zero-order chi connectivity index (χ0) is 19.9. The van der Waals surface area contributed by atoms with Gasteiger partial charge >= 0.3 is 11.9 Å². The highest BCUT2D eigenvalue weighted by Gasteiger charge is 2.21. The van der Waals surface area contributed by atoms with E-state index in [1.165, 1.54) is 12.1 Å². The van der Waals surface area contributed by atoms with Gasteiger partial charge in [0.25, 0.3) is 0 Å². The van der Waals surface area contributed by atoms with Gasteiger partial charge in [-0.25, -0.2) is 9.59 Å². The Hall–Kier alpha value is -3.80. The summed E-state index contributed by atoms with van der Waals surface area (Å²) >= 11 is 0. The first-order valence-corrected chi connectivity index (χ1v) is 8.81. The van der Waals surface area contributed by atoms with Crippen LogP contribution in [0.4, 0.5) is 22.7 Å². The molecule has 0 atom stereocenters. The number of esters is 1. The zero-order valence-electron chi connectivity index (χ0n) is 15.3. The first-order chi connectivity index (χ1) is 13.6. The molecule has 6 heteroatoms. The molecule has 0 aromatic heterocycles. The quantitative estimate of drug-likeness (QED) is 0.500. The van der Waals surface area contributed by atoms with E-state index in [2.05, 4.69) is 10.6 Å². The topological polar surface area (TPSA) is 87.7 Å². The number of hydrogen-bond acceptors (Lipinski definition) is 5. The van der Waals surface area contributed by atoms with Crippen molar-refractivity contribution >= 4 is 34.7 Å². The molecule has 0 saturated heterocycles. The minimum absolute atomic E-state index is 0.00797. The summed E-state index contributed by atoms with van der Waals surface area (Å²) in [4.78, 5) is 24.1. The number of carbonyl (C=O) groups is 2. The van der Waals surface area contributed by atoms with E-state index in [9.17, 15) is 14.7 Å². The second-order valence-electron chi connectivity index (χ2n) is 5.95. The van der Waals surface area contributed by atoms with Crippen LogP contribution < -0.4 is 10.6 Å². The number of carboxylic acids is 1. The Balaban J connectivity index is 2.10. The van der Waals surface area contributed by atoms with E-state index in [0.29, 0.717) is 11.4 Å². The number of carbonyl (C=O) groups excluding carboxylic acids is 1. The average Bonchev–Trinajstić information content (AvgIpc) is 2.70. The lowest BCUT2D eigenvalue weighted by molar-refractivity contribution is 0.0514. The number of aromatic carboxylic acids is 1. The van der Waals surface area contributed by atoms with Gasteiger partial charge in [-0.1, -0.05) is 36.4 Å². The smallest absolute Gasteiger partial charge is 0.339 e. The molecule has 3 aromatic carbocycles. The molecule has 0 unspecified atom stereocenters. The molecule has 0 aliphatic carbocycles. The van der Waals surface area contributed by atoms with Crippen molar-refractivity contribution in [1.82, 2.24) is 0 Å². The van der Waals surface area contributed by atoms with Gasteiger partial charge in [-0.15, -0.1) is 0 Å². The third-order valence-corrected chi connectivity index (χ3v) is 3.99. The Labute approximate surface area is 162 Å². The molecular formula is C22H20N2O4. The summed E-state index contributed by atoms with van der Waals surface area (Å²) in [6.45, 7) is 1.83. The molecule has 3 aromatic rings. The van der Waals surface area contributed by atoms with Gasteiger partial charge in [-0.3, -0.25) is 0 Å². The maximum absolute atomic E-state index is 12.3. The van der Waals surface area contributed by atoms with Crippen molar-refractivity contribution in [3.8, 4) is 0 Å². The van der Waals surface area contributed by atoms with E-state index < -0.39 is 11.9 Å². The van der Waals surface area contributed by atoms with Gasteiger partial charge in [0.2, 0.25) is 0 Å². The van der Waals surface area contributed by atoms with E-state index in [1.54, 1.807) is 6.92 Å². The lowest BCUT2D eigenvalue weighted by atomic mass is 10.0. The Bertz CT molecular complexity index is 973. The molecular weight excluding hydrogens is 356 g/mol. The normalized spacial score (nSPS) is 10.2. The van der Waals surface area contributed by atoms with Gasteiger partial charge in [-0.05, 0) is 43.3 Å². The Morgan fingerprint density at radius 2 is 1.29 bits per heavy atom. The number of benzene rings is 3. The van der Waals surface area contributed by atoms with Crippen LogP contribution in [0.1, 0.15) is 27.6 Å². The highest BCUT2D eigenvalue weighted by molar-refractivity contribution is 6.05. The molecule has 0 bridgehead atoms. The molecule has 0 amide bonds. The van der Waals surface area contributed by atoms with Crippen molar-refractivity contribution in [1.29, 1.82) is 0 Å². The lowest BCUT2D eigenvalue weighted by Gasteiger charge is -2.17. The summed E-state index contributed by atoms with van der Waals surface area (Å²) < 4.78 is 5.03. The van der Waals surface area contributed by atoms with E-state index in [-0.39, 0.29) is 17.7 Å². The molecule has 0 aliphatic heterocycles. The number of ether oxygens (including phenoxy) is 1. The Morgan fingerprint density at radius 1 is 0.821 bits per heavy atom. The minimum atomic E-state index is -1.20. The number of nitrogens with one attached hydrogen (secondary N) is 2. The van der Waals surface area contributed by atoms with Gasteiger partial charge in [0.1, 0.15) is 0 Å². The molecule has 0 spiro atoms. The van der Waals surface area contributed by atoms with E-state index >= 15 is 0 Å². The fourth-order valence-corrected chi connectivity index (χ4v) is 2.72. The second-order valence-corrected chi connectivity index (χ2v) is 5.95. The number of rotatable bonds is 7. The van der Waals surface area contributed by atoms with Gasteiger partial charge in [0.05, 0.1) is 29.1 Å². The predicted molar refractivity (Wildman–Crippen MR) is 109 cm³/mol. The van der Waals surface area contributed by atoms with Crippen LogP contribution in [0.3, 0.4) is 0 Å². The molecule has 3 N–H and O–H groups in total. The molecule has 142 valence electrons. The van der Waals surface area contributed by atoms with Crippen LogP contribution >= 0.6 is 0 Å². The first kappa shape index (κ1) is 19.0. The van der Waals surface area contributed by atoms with Gasteiger partial charge in [0.15, 0.2) is 0 Å². The van der Waals surface area contributed by atoms with Crippen molar-refractivity contribution in [3.63, 3.8) is 0 Å². The molecule has 0 heterocycles. The van der Waals surface area contributed by atoms with Crippen molar-refractivity contribution in [2.45, 2.75) is 6.92 Å². The van der Waals surface area contributed by atoms with E-state index in [1.807, 2.05) is 60.7 Å². The third kappa shape index (κ3) is 4.48. The van der Waals surface area contributed by atoms with Crippen LogP contribution in [-0.4, -0.2) is 23.7 Å². The maximum Gasteiger partial charge on any atom is 0.339 e. The molecule has 0 aliphatic rings. The largest absolute Gasteiger partial charge is 0.478 e. The first-order valence-electron chi connectivity index (χ1n) is 8.81. The van der Waals surface area contributed by atoms with Gasteiger partial charge < -0.3 is 20.5 Å². The summed E-state index contributed by atoms with van der Waals surface area (Å²) in [5.41, 5.74) is 2.54. The third-order valence-electron chi connectivity index (χ3n) is 3.99. The fraction of sp³-hybridized carbons (Fsp3) is 0.0909. The highest BCUT2D eigenvalue weighted by Crippen LogP contribution is 2.32. The van der Waals surface area contributed by atoms with Crippen LogP contribution in [0.5, 0.6) is 0 Å². The van der Waals surface area contributed by atoms with Crippen molar-refractivity contribution in [3.05, 3.63) is 83.9 Å². The van der Waals surface area contributed by atoms with Crippen LogP contribution in [-0.2, 0) is 4.74 Å². The second kappa shape index (κ2) is 8.73. The highest BCUT2D eigenvalue weighted by atomic mass is 16.5. The van der Waals surface area contributed by atoms with Gasteiger partial charge in [-0.2, -0.15) is 0 Å². The monoisotopic (exact) mass is 376 g/mol. The van der Waals surface area contributed by atoms with Crippen LogP contribution in [0.2, 0.25) is 0 Å². The molecule has 3 rings (SSSR count). The molecule has 0 radical (unpaired) electrons. The zero-order valence-corrected chi connectivity index (χ0v) is 15.3. The van der Waals surface area contributed by atoms with E-state index in [0.717, 1.165) is 11.4 Å². The van der Waals surface area contributed by atoms with Gasteiger partial charge in [0, 0.05) is 11.4 Å². The fourth-order valence-electron chi connectivity index (χ4n) is 2.72. The SMILES string of the molecule is CCOC(=O)c1cc(Nc2ccccc2)c(Nc2ccccc2)cc1C(=O)O. The van der Waals surface area contributed by atoms with Crippen molar-refractivity contribution in [2.75, 3.05) is 17.2 Å². The summed E-state index contributed by atoms with van der Waals surface area (Å²) in [7, 11) is 0. The van der Waals surface area contributed by atoms with Crippen LogP contribution in [0, 0.1) is 0 Å². The molecule has 0 saturated carbocycles. The summed E-state index contributed by atoms with van der Waals surface area (Å²) in [6, 6.07) is 21.7. The van der Waals surface area contributed by atoms with Crippen LogP contribution in [0.25, 0.3) is 0 Å². The lowest BCUT2D eigenvalue weighted by Crippen LogP contribution is -2.13. The van der Waals surface area contributed by atoms with E-state index in [4.69, 9.17) is 4.74 Å². The standard InChI is InChI=1S/C22H20N2O4/c1-2-28-22(27)18-14-20(24-16-11-7-4-8-12-16)19(13-17(18)21(25)26)23-15-9-5-3-6-10-15/h3-14,23-24H,2H2,1H3,(H,25,26). The number of hydrogen-bond donors (Lipinski definition) is 3. The average molecular weight is 376 g/mol. The molecule has 0 fully saturated rings. The van der Waals surface area contributed by atoms with Crippen molar-refractivity contribution in [2.24, 2.45) is 0 Å². The minimum Gasteiger partial charge on any atom is -0.478 e. The van der Waals surface area contributed by atoms with Crippen LogP contribution in [0.15, 0.2) is 72.8 Å². The number of anilines is 4. The number of carboxylic acid groups (broad SMARTS) is 1. The number of para-hydroxylation sites is 2.